The topological polar surface area (TPSA) is 0 Å². The van der Waals surface area contributed by atoms with Gasteiger partial charge in [0.15, 0.2) is 0 Å². The Morgan fingerprint density at radius 1 is 1.31 bits per heavy atom. The van der Waals surface area contributed by atoms with Crippen molar-refractivity contribution in [2.45, 2.75) is 29.6 Å². The lowest BCUT2D eigenvalue weighted by Crippen LogP contribution is -2.05. The highest BCUT2D eigenvalue weighted by atomic mass is 127. The van der Waals surface area contributed by atoms with Crippen LogP contribution in [0.5, 0.6) is 0 Å². The maximum absolute atomic E-state index is 2.60. The van der Waals surface area contributed by atoms with Gasteiger partial charge in [0.1, 0.15) is 0 Å². The first-order valence-electron chi connectivity index (χ1n) is 4.90. The minimum absolute atomic E-state index is 0.455. The van der Waals surface area contributed by atoms with E-state index >= 15 is 0 Å². The Morgan fingerprint density at radius 3 is 2.38 bits per heavy atom. The molecule has 0 unspecified atom stereocenters. The Hall–Kier alpha value is -0.0500. The highest BCUT2D eigenvalue weighted by molar-refractivity contribution is 14.1. The Bertz CT molecular complexity index is 293. The van der Waals surface area contributed by atoms with Gasteiger partial charge in [0.05, 0.1) is 0 Å². The van der Waals surface area contributed by atoms with Crippen molar-refractivity contribution in [1.82, 2.24) is 0 Å². The SMILES string of the molecule is CC[C@@H]1[C@H](I)[C@@]1(C)c1ccccc1. The predicted molar refractivity (Wildman–Crippen MR) is 65.4 cm³/mol. The molecule has 1 aliphatic carbocycles. The third-order valence-corrected chi connectivity index (χ3v) is 5.58. The smallest absolute Gasteiger partial charge is 0.0244 e. The number of hydrogen-bond donors (Lipinski definition) is 0. The molecule has 0 aliphatic heterocycles. The fourth-order valence-electron chi connectivity index (χ4n) is 2.35. The van der Waals surface area contributed by atoms with Crippen LogP contribution >= 0.6 is 22.6 Å². The maximum atomic E-state index is 2.60. The fraction of sp³-hybridized carbons (Fsp3) is 0.500. The second kappa shape index (κ2) is 3.26. The monoisotopic (exact) mass is 286 g/mol. The van der Waals surface area contributed by atoms with Crippen molar-refractivity contribution in [3.63, 3.8) is 0 Å². The summed E-state index contributed by atoms with van der Waals surface area (Å²) in [7, 11) is 0. The Balaban J connectivity index is 2.29. The van der Waals surface area contributed by atoms with Gasteiger partial charge in [0.25, 0.3) is 0 Å². The summed E-state index contributed by atoms with van der Waals surface area (Å²) < 4.78 is 0.831. The molecule has 0 nitrogen and oxygen atoms in total. The van der Waals surface area contributed by atoms with Gasteiger partial charge in [-0.2, -0.15) is 0 Å². The van der Waals surface area contributed by atoms with Crippen LogP contribution in [0.1, 0.15) is 25.8 Å². The second-order valence-electron chi connectivity index (χ2n) is 4.07. The molecule has 1 aliphatic rings. The zero-order valence-corrected chi connectivity index (χ0v) is 10.3. The summed E-state index contributed by atoms with van der Waals surface area (Å²) in [4.78, 5) is 0. The van der Waals surface area contributed by atoms with E-state index in [4.69, 9.17) is 0 Å². The maximum Gasteiger partial charge on any atom is 0.0244 e. The van der Waals surface area contributed by atoms with Crippen LogP contribution < -0.4 is 0 Å². The Kier molecular flexibility index (Phi) is 2.39. The number of alkyl halides is 1. The summed E-state index contributed by atoms with van der Waals surface area (Å²) >= 11 is 2.60. The average Bonchev–Trinajstić information content (AvgIpc) is 2.72. The summed E-state index contributed by atoms with van der Waals surface area (Å²) in [5.74, 6) is 0.885. The van der Waals surface area contributed by atoms with Crippen LogP contribution in [0.25, 0.3) is 0 Å². The first kappa shape index (κ1) is 9.50. The van der Waals surface area contributed by atoms with Crippen molar-refractivity contribution in [2.24, 2.45) is 5.92 Å². The third-order valence-electron chi connectivity index (χ3n) is 3.42. The first-order valence-corrected chi connectivity index (χ1v) is 6.15. The summed E-state index contributed by atoms with van der Waals surface area (Å²) in [5, 5.41) is 0. The zero-order chi connectivity index (χ0) is 9.47. The third kappa shape index (κ3) is 1.32. The molecular formula is C12H15I. The minimum atomic E-state index is 0.455. The van der Waals surface area contributed by atoms with Crippen LogP contribution in [0.15, 0.2) is 30.3 Å². The summed E-state index contributed by atoms with van der Waals surface area (Å²) in [5.41, 5.74) is 1.97. The van der Waals surface area contributed by atoms with Gasteiger partial charge in [0, 0.05) is 9.34 Å². The van der Waals surface area contributed by atoms with Gasteiger partial charge < -0.3 is 0 Å². The lowest BCUT2D eigenvalue weighted by Gasteiger charge is -2.10. The summed E-state index contributed by atoms with van der Waals surface area (Å²) in [6.07, 6.45) is 1.30. The molecule has 1 fully saturated rings. The van der Waals surface area contributed by atoms with Gasteiger partial charge in [-0.1, -0.05) is 73.2 Å². The molecule has 0 aromatic heterocycles. The average molecular weight is 286 g/mol. The number of halogens is 1. The van der Waals surface area contributed by atoms with Gasteiger partial charge in [-0.05, 0) is 11.5 Å². The Labute approximate surface area is 93.9 Å². The molecule has 0 saturated heterocycles. The minimum Gasteiger partial charge on any atom is -0.0813 e. The molecule has 0 heterocycles. The largest absolute Gasteiger partial charge is 0.0813 e. The molecule has 1 heteroatoms. The van der Waals surface area contributed by atoms with E-state index in [1.807, 2.05) is 0 Å². The van der Waals surface area contributed by atoms with Crippen molar-refractivity contribution in [3.8, 4) is 0 Å². The van der Waals surface area contributed by atoms with Crippen molar-refractivity contribution in [1.29, 1.82) is 0 Å². The number of benzene rings is 1. The van der Waals surface area contributed by atoms with Gasteiger partial charge >= 0.3 is 0 Å². The fourth-order valence-corrected chi connectivity index (χ4v) is 4.22. The molecule has 0 N–H and O–H groups in total. The Morgan fingerprint density at radius 2 is 1.92 bits per heavy atom. The van der Waals surface area contributed by atoms with Crippen molar-refractivity contribution < 1.29 is 0 Å². The number of rotatable bonds is 2. The van der Waals surface area contributed by atoms with Crippen LogP contribution in [0, 0.1) is 5.92 Å². The molecule has 1 saturated carbocycles. The van der Waals surface area contributed by atoms with Gasteiger partial charge in [0.2, 0.25) is 0 Å². The normalized spacial score (nSPS) is 37.5. The molecule has 2 rings (SSSR count). The second-order valence-corrected chi connectivity index (χ2v) is 5.41. The standard InChI is InChI=1S/C12H15I/c1-3-10-11(13)12(10,2)9-7-5-4-6-8-9/h4-8,10-11H,3H2,1-2H3/t10-,11+,12+/m1/s1. The molecule has 13 heavy (non-hydrogen) atoms. The summed E-state index contributed by atoms with van der Waals surface area (Å²) in [6, 6.07) is 10.9. The summed E-state index contributed by atoms with van der Waals surface area (Å²) in [6.45, 7) is 4.69. The van der Waals surface area contributed by atoms with Crippen molar-refractivity contribution in [3.05, 3.63) is 35.9 Å². The van der Waals surface area contributed by atoms with Gasteiger partial charge in [-0.15, -0.1) is 0 Å². The molecule has 0 spiro atoms. The molecule has 70 valence electrons. The van der Waals surface area contributed by atoms with E-state index in [2.05, 4.69) is 66.8 Å². The van der Waals surface area contributed by atoms with E-state index in [1.54, 1.807) is 0 Å². The van der Waals surface area contributed by atoms with E-state index in [0.717, 1.165) is 9.84 Å². The van der Waals surface area contributed by atoms with E-state index < -0.39 is 0 Å². The van der Waals surface area contributed by atoms with E-state index in [9.17, 15) is 0 Å². The lowest BCUT2D eigenvalue weighted by molar-refractivity contribution is 0.642. The highest BCUT2D eigenvalue weighted by Crippen LogP contribution is 2.60. The lowest BCUT2D eigenvalue weighted by atomic mass is 9.95. The van der Waals surface area contributed by atoms with Gasteiger partial charge in [-0.3, -0.25) is 0 Å². The van der Waals surface area contributed by atoms with Crippen molar-refractivity contribution in [2.75, 3.05) is 0 Å². The quantitative estimate of drug-likeness (QED) is 0.573. The molecule has 3 atom stereocenters. The van der Waals surface area contributed by atoms with Gasteiger partial charge in [-0.25, -0.2) is 0 Å². The van der Waals surface area contributed by atoms with E-state index in [1.165, 1.54) is 12.0 Å². The number of hydrogen-bond acceptors (Lipinski definition) is 0. The molecule has 0 bridgehead atoms. The molecule has 0 amide bonds. The molecular weight excluding hydrogens is 271 g/mol. The van der Waals surface area contributed by atoms with Crippen LogP contribution in [-0.4, -0.2) is 3.92 Å². The zero-order valence-electron chi connectivity index (χ0n) is 8.13. The predicted octanol–water partition coefficient (Wildman–Crippen LogP) is 3.79. The van der Waals surface area contributed by atoms with Crippen LogP contribution in [0.4, 0.5) is 0 Å². The van der Waals surface area contributed by atoms with E-state index in [-0.39, 0.29) is 0 Å². The van der Waals surface area contributed by atoms with Crippen LogP contribution in [0.2, 0.25) is 0 Å². The van der Waals surface area contributed by atoms with E-state index in [0.29, 0.717) is 5.41 Å². The highest BCUT2D eigenvalue weighted by Gasteiger charge is 2.59. The molecule has 1 aromatic carbocycles. The van der Waals surface area contributed by atoms with Crippen molar-refractivity contribution >= 4 is 22.6 Å². The molecule has 0 radical (unpaired) electrons. The van der Waals surface area contributed by atoms with Crippen LogP contribution in [-0.2, 0) is 5.41 Å². The van der Waals surface area contributed by atoms with Crippen LogP contribution in [0.3, 0.4) is 0 Å². The molecule has 1 aromatic rings. The first-order chi connectivity index (χ1) is 6.21.